The van der Waals surface area contributed by atoms with Crippen LogP contribution in [0.25, 0.3) is 0 Å². The van der Waals surface area contributed by atoms with Crippen molar-refractivity contribution < 1.29 is 0 Å². The number of thioether (sulfide) groups is 1. The van der Waals surface area contributed by atoms with Crippen molar-refractivity contribution in [3.63, 3.8) is 0 Å². The van der Waals surface area contributed by atoms with Gasteiger partial charge in [-0.2, -0.15) is 0 Å². The van der Waals surface area contributed by atoms with E-state index in [0.29, 0.717) is 5.92 Å². The first-order chi connectivity index (χ1) is 4.20. The Hall–Kier alpha value is 0.110. The van der Waals surface area contributed by atoms with E-state index in [-0.39, 0.29) is 0 Å². The standard InChI is InChI=1S/C6H9NS2/c1-4(2)5-3-9-6(8)7-5/h4H,3H2,1-2H3. The molecule has 0 aromatic carbocycles. The lowest BCUT2D eigenvalue weighted by Crippen LogP contribution is -2.05. The number of thiocarbonyl (C=S) groups is 1. The molecule has 1 nitrogen and oxygen atoms in total. The maximum atomic E-state index is 4.89. The largest absolute Gasteiger partial charge is 0.238 e. The monoisotopic (exact) mass is 159 g/mol. The van der Waals surface area contributed by atoms with Gasteiger partial charge in [0.05, 0.1) is 0 Å². The summed E-state index contributed by atoms with van der Waals surface area (Å²) >= 11 is 6.55. The maximum absolute atomic E-state index is 4.89. The molecule has 0 unspecified atom stereocenters. The SMILES string of the molecule is CC(C)C1=NC(=S)SC1. The fraction of sp³-hybridized carbons (Fsp3) is 0.667. The minimum Gasteiger partial charge on any atom is -0.238 e. The van der Waals surface area contributed by atoms with Crippen LogP contribution in [-0.2, 0) is 0 Å². The summed E-state index contributed by atoms with van der Waals surface area (Å²) in [6.07, 6.45) is 0. The Bertz CT molecular complexity index is 160. The van der Waals surface area contributed by atoms with E-state index in [1.807, 2.05) is 0 Å². The molecule has 9 heavy (non-hydrogen) atoms. The molecule has 0 atom stereocenters. The molecule has 0 N–H and O–H groups in total. The van der Waals surface area contributed by atoms with Gasteiger partial charge in [-0.3, -0.25) is 0 Å². The van der Waals surface area contributed by atoms with Crippen LogP contribution in [0.3, 0.4) is 0 Å². The molecule has 0 aromatic heterocycles. The van der Waals surface area contributed by atoms with E-state index in [9.17, 15) is 0 Å². The fourth-order valence-corrected chi connectivity index (χ4v) is 1.76. The van der Waals surface area contributed by atoms with Gasteiger partial charge in [-0.25, -0.2) is 4.99 Å². The lowest BCUT2D eigenvalue weighted by atomic mass is 10.1. The number of hydrogen-bond donors (Lipinski definition) is 0. The van der Waals surface area contributed by atoms with Gasteiger partial charge < -0.3 is 0 Å². The summed E-state index contributed by atoms with van der Waals surface area (Å²) in [6.45, 7) is 4.29. The van der Waals surface area contributed by atoms with Crippen LogP contribution >= 0.6 is 24.0 Å². The molecule has 1 aliphatic rings. The van der Waals surface area contributed by atoms with E-state index in [2.05, 4.69) is 18.8 Å². The Kier molecular flexibility index (Phi) is 2.24. The van der Waals surface area contributed by atoms with E-state index >= 15 is 0 Å². The second kappa shape index (κ2) is 2.80. The van der Waals surface area contributed by atoms with Gasteiger partial charge in [0, 0.05) is 11.5 Å². The van der Waals surface area contributed by atoms with Crippen LogP contribution in [0.2, 0.25) is 0 Å². The summed E-state index contributed by atoms with van der Waals surface area (Å²) in [5, 5.41) is 0. The van der Waals surface area contributed by atoms with E-state index < -0.39 is 0 Å². The van der Waals surface area contributed by atoms with Gasteiger partial charge >= 0.3 is 0 Å². The number of nitrogens with zero attached hydrogens (tertiary/aromatic N) is 1. The molecule has 0 saturated carbocycles. The molecule has 0 aliphatic carbocycles. The van der Waals surface area contributed by atoms with Crippen molar-refractivity contribution in [2.45, 2.75) is 13.8 Å². The van der Waals surface area contributed by atoms with Crippen LogP contribution in [0.4, 0.5) is 0 Å². The predicted octanol–water partition coefficient (Wildman–Crippen LogP) is 2.12. The quantitative estimate of drug-likeness (QED) is 0.543. The van der Waals surface area contributed by atoms with Crippen molar-refractivity contribution in [1.82, 2.24) is 0 Å². The van der Waals surface area contributed by atoms with Gasteiger partial charge in [-0.1, -0.05) is 37.8 Å². The molecular weight excluding hydrogens is 150 g/mol. The predicted molar refractivity (Wildman–Crippen MR) is 47.3 cm³/mol. The first-order valence-electron chi connectivity index (χ1n) is 2.94. The highest BCUT2D eigenvalue weighted by atomic mass is 32.2. The molecule has 1 aliphatic heterocycles. The third kappa shape index (κ3) is 1.76. The van der Waals surface area contributed by atoms with Crippen LogP contribution in [0, 0.1) is 5.92 Å². The van der Waals surface area contributed by atoms with Crippen molar-refractivity contribution in [2.24, 2.45) is 10.9 Å². The van der Waals surface area contributed by atoms with Crippen LogP contribution in [-0.4, -0.2) is 15.8 Å². The van der Waals surface area contributed by atoms with Crippen LogP contribution < -0.4 is 0 Å². The van der Waals surface area contributed by atoms with E-state index in [1.165, 1.54) is 5.71 Å². The van der Waals surface area contributed by atoms with Gasteiger partial charge in [0.15, 0.2) is 4.32 Å². The Labute approximate surface area is 64.9 Å². The molecule has 3 heteroatoms. The topological polar surface area (TPSA) is 12.4 Å². The molecule has 0 bridgehead atoms. The normalized spacial score (nSPS) is 19.0. The highest BCUT2D eigenvalue weighted by Crippen LogP contribution is 2.18. The molecule has 0 radical (unpaired) electrons. The molecule has 0 saturated heterocycles. The number of hydrogen-bond acceptors (Lipinski definition) is 2. The van der Waals surface area contributed by atoms with Crippen LogP contribution in [0.5, 0.6) is 0 Å². The van der Waals surface area contributed by atoms with E-state index in [0.717, 1.165) is 10.1 Å². The molecule has 1 rings (SSSR count). The highest BCUT2D eigenvalue weighted by molar-refractivity contribution is 8.23. The zero-order chi connectivity index (χ0) is 6.85. The summed E-state index contributed by atoms with van der Waals surface area (Å²) in [6, 6.07) is 0. The summed E-state index contributed by atoms with van der Waals surface area (Å²) in [5.41, 5.74) is 1.24. The van der Waals surface area contributed by atoms with Gasteiger partial charge in [-0.15, -0.1) is 0 Å². The molecule has 0 spiro atoms. The highest BCUT2D eigenvalue weighted by Gasteiger charge is 2.13. The van der Waals surface area contributed by atoms with Gasteiger partial charge in [0.1, 0.15) is 0 Å². The van der Waals surface area contributed by atoms with Gasteiger partial charge in [0.2, 0.25) is 0 Å². The van der Waals surface area contributed by atoms with E-state index in [1.54, 1.807) is 11.8 Å². The van der Waals surface area contributed by atoms with Crippen LogP contribution in [0.15, 0.2) is 4.99 Å². The van der Waals surface area contributed by atoms with Crippen molar-refractivity contribution in [2.75, 3.05) is 5.75 Å². The summed E-state index contributed by atoms with van der Waals surface area (Å²) in [5.74, 6) is 1.58. The van der Waals surface area contributed by atoms with Crippen molar-refractivity contribution >= 4 is 34.0 Å². The van der Waals surface area contributed by atoms with Crippen molar-refractivity contribution in [3.8, 4) is 0 Å². The summed E-state index contributed by atoms with van der Waals surface area (Å²) < 4.78 is 0.804. The Morgan fingerprint density at radius 1 is 1.67 bits per heavy atom. The third-order valence-corrected chi connectivity index (χ3v) is 2.47. The average molecular weight is 159 g/mol. The van der Waals surface area contributed by atoms with Crippen molar-refractivity contribution in [3.05, 3.63) is 0 Å². The number of aliphatic imine (C=N–C) groups is 1. The smallest absolute Gasteiger partial charge is 0.160 e. The maximum Gasteiger partial charge on any atom is 0.160 e. The van der Waals surface area contributed by atoms with Gasteiger partial charge in [0.25, 0.3) is 0 Å². The first kappa shape index (κ1) is 7.22. The molecule has 0 aromatic rings. The average Bonchev–Trinajstić information content (AvgIpc) is 2.14. The number of rotatable bonds is 1. The second-order valence-electron chi connectivity index (χ2n) is 2.31. The molecule has 1 heterocycles. The first-order valence-corrected chi connectivity index (χ1v) is 4.33. The van der Waals surface area contributed by atoms with Crippen molar-refractivity contribution in [1.29, 1.82) is 0 Å². The van der Waals surface area contributed by atoms with Gasteiger partial charge in [-0.05, 0) is 5.92 Å². The third-order valence-electron chi connectivity index (χ3n) is 1.24. The van der Waals surface area contributed by atoms with E-state index in [4.69, 9.17) is 12.2 Å². The summed E-state index contributed by atoms with van der Waals surface area (Å²) in [7, 11) is 0. The van der Waals surface area contributed by atoms with Crippen LogP contribution in [0.1, 0.15) is 13.8 Å². The molecular formula is C6H9NS2. The Morgan fingerprint density at radius 2 is 2.33 bits per heavy atom. The lowest BCUT2D eigenvalue weighted by Gasteiger charge is -1.99. The molecule has 0 fully saturated rings. The Morgan fingerprint density at radius 3 is 2.56 bits per heavy atom. The molecule has 50 valence electrons. The second-order valence-corrected chi connectivity index (χ2v) is 3.92. The minimum absolute atomic E-state index is 0.568. The zero-order valence-corrected chi connectivity index (χ0v) is 7.18. The Balaban J connectivity index is 2.62. The minimum atomic E-state index is 0.568. The zero-order valence-electron chi connectivity index (χ0n) is 5.55. The summed E-state index contributed by atoms with van der Waals surface area (Å²) in [4.78, 5) is 4.20. The fourth-order valence-electron chi connectivity index (χ4n) is 0.613. The lowest BCUT2D eigenvalue weighted by molar-refractivity contribution is 0.884. The molecule has 0 amide bonds.